The minimum atomic E-state index is -1.15. The van der Waals surface area contributed by atoms with E-state index in [1.165, 1.54) is 31.2 Å². The number of amides is 1. The predicted octanol–water partition coefficient (Wildman–Crippen LogP) is 2.71. The smallest absolute Gasteiger partial charge is 0.259 e. The molecule has 1 aliphatic carbocycles. The molecule has 2 fully saturated rings. The van der Waals surface area contributed by atoms with Gasteiger partial charge in [-0.15, -0.1) is 0 Å². The van der Waals surface area contributed by atoms with Crippen molar-refractivity contribution in [2.75, 3.05) is 23.0 Å². The van der Waals surface area contributed by atoms with E-state index in [-0.39, 0.29) is 11.3 Å². The van der Waals surface area contributed by atoms with Crippen LogP contribution in [0.5, 0.6) is 0 Å². The second kappa shape index (κ2) is 4.75. The van der Waals surface area contributed by atoms with E-state index in [0.29, 0.717) is 12.2 Å². The third-order valence-electron chi connectivity index (χ3n) is 5.43. The van der Waals surface area contributed by atoms with Crippen LogP contribution in [0.1, 0.15) is 37.7 Å². The van der Waals surface area contributed by atoms with E-state index < -0.39 is 5.60 Å². The maximum Gasteiger partial charge on any atom is 0.259 e. The zero-order chi connectivity index (χ0) is 14.5. The Labute approximate surface area is 129 Å². The Balaban J connectivity index is 1.73. The summed E-state index contributed by atoms with van der Waals surface area (Å²) in [6.07, 6.45) is 5.41. The lowest BCUT2D eigenvalue weighted by Gasteiger charge is -2.29. The van der Waals surface area contributed by atoms with E-state index in [9.17, 15) is 9.90 Å². The van der Waals surface area contributed by atoms with E-state index in [2.05, 4.69) is 12.1 Å². The largest absolute Gasteiger partial charge is 0.379 e. The molecular weight excluding hydrogens is 282 g/mol. The van der Waals surface area contributed by atoms with Gasteiger partial charge in [0.05, 0.1) is 0 Å². The molecule has 1 atom stereocenters. The molecule has 1 saturated heterocycles. The first-order valence-corrected chi connectivity index (χ1v) is 9.02. The molecule has 1 aromatic carbocycles. The molecule has 4 heteroatoms. The third kappa shape index (κ3) is 1.95. The van der Waals surface area contributed by atoms with Crippen LogP contribution in [-0.2, 0) is 10.2 Å². The molecule has 3 nitrogen and oxygen atoms in total. The van der Waals surface area contributed by atoms with Gasteiger partial charge in [0.2, 0.25) is 0 Å². The summed E-state index contributed by atoms with van der Waals surface area (Å²) in [5.74, 6) is 1.34. The molecule has 3 aliphatic rings. The molecule has 1 spiro atoms. The lowest BCUT2D eigenvalue weighted by atomic mass is 9.81. The molecule has 1 N–H and O–H groups in total. The van der Waals surface area contributed by atoms with Gasteiger partial charge in [-0.1, -0.05) is 31.0 Å². The number of fused-ring (bicyclic) bond motifs is 2. The van der Waals surface area contributed by atoms with Crippen molar-refractivity contribution in [3.8, 4) is 0 Å². The van der Waals surface area contributed by atoms with E-state index in [1.807, 2.05) is 17.0 Å². The Morgan fingerprint density at radius 2 is 1.95 bits per heavy atom. The van der Waals surface area contributed by atoms with E-state index in [0.717, 1.165) is 18.0 Å². The van der Waals surface area contributed by atoms with Crippen molar-refractivity contribution in [3.05, 3.63) is 29.8 Å². The summed E-state index contributed by atoms with van der Waals surface area (Å²) < 4.78 is 0. The lowest BCUT2D eigenvalue weighted by molar-refractivity contribution is -0.134. The number of aliphatic hydroxyl groups is 1. The molecule has 112 valence electrons. The minimum absolute atomic E-state index is 0.0799. The number of thioether (sulfide) groups is 1. The highest BCUT2D eigenvalue weighted by Gasteiger charge is 2.50. The molecule has 1 saturated carbocycles. The van der Waals surface area contributed by atoms with Gasteiger partial charge in [0, 0.05) is 23.4 Å². The molecule has 1 amide bonds. The first kappa shape index (κ1) is 13.6. The van der Waals surface area contributed by atoms with Crippen molar-refractivity contribution >= 4 is 23.4 Å². The number of benzene rings is 1. The van der Waals surface area contributed by atoms with Gasteiger partial charge in [0.15, 0.2) is 5.60 Å². The number of anilines is 1. The van der Waals surface area contributed by atoms with Crippen molar-refractivity contribution in [1.82, 2.24) is 0 Å². The molecule has 0 aromatic heterocycles. The molecular formula is C17H21NO2S. The summed E-state index contributed by atoms with van der Waals surface area (Å²) in [4.78, 5) is 14.8. The van der Waals surface area contributed by atoms with Crippen LogP contribution in [0.4, 0.5) is 5.69 Å². The highest BCUT2D eigenvalue weighted by Crippen LogP contribution is 2.51. The van der Waals surface area contributed by atoms with Crippen molar-refractivity contribution in [3.63, 3.8) is 0 Å². The maximum atomic E-state index is 12.9. The Morgan fingerprint density at radius 3 is 2.67 bits per heavy atom. The Bertz CT molecular complexity index is 574. The first-order valence-electron chi connectivity index (χ1n) is 7.86. The molecule has 4 rings (SSSR count). The molecule has 2 aliphatic heterocycles. The van der Waals surface area contributed by atoms with Gasteiger partial charge < -0.3 is 10.0 Å². The van der Waals surface area contributed by atoms with E-state index in [1.54, 1.807) is 11.8 Å². The highest BCUT2D eigenvalue weighted by atomic mass is 32.2. The van der Waals surface area contributed by atoms with Gasteiger partial charge >= 0.3 is 0 Å². The lowest BCUT2D eigenvalue weighted by Crippen LogP contribution is -2.50. The zero-order valence-corrected chi connectivity index (χ0v) is 13.0. The number of hydrogen-bond donors (Lipinski definition) is 1. The zero-order valence-electron chi connectivity index (χ0n) is 12.2. The summed E-state index contributed by atoms with van der Waals surface area (Å²) >= 11 is 1.68. The van der Waals surface area contributed by atoms with E-state index >= 15 is 0 Å². The minimum Gasteiger partial charge on any atom is -0.379 e. The summed E-state index contributed by atoms with van der Waals surface area (Å²) in [5, 5.41) is 10.7. The van der Waals surface area contributed by atoms with Gasteiger partial charge in [-0.3, -0.25) is 4.79 Å². The van der Waals surface area contributed by atoms with Crippen LogP contribution in [0.2, 0.25) is 0 Å². The van der Waals surface area contributed by atoms with Crippen LogP contribution in [0.3, 0.4) is 0 Å². The Morgan fingerprint density at radius 1 is 1.19 bits per heavy atom. The van der Waals surface area contributed by atoms with Crippen molar-refractivity contribution in [2.45, 2.75) is 43.1 Å². The second-order valence-electron chi connectivity index (χ2n) is 6.73. The molecule has 1 aromatic rings. The third-order valence-corrected chi connectivity index (χ3v) is 6.61. The van der Waals surface area contributed by atoms with Crippen molar-refractivity contribution in [1.29, 1.82) is 0 Å². The molecule has 1 unspecified atom stereocenters. The van der Waals surface area contributed by atoms with Crippen LogP contribution in [0.25, 0.3) is 0 Å². The van der Waals surface area contributed by atoms with Crippen LogP contribution in [0, 0.1) is 0 Å². The molecule has 2 heterocycles. The molecule has 0 bridgehead atoms. The van der Waals surface area contributed by atoms with Crippen molar-refractivity contribution < 1.29 is 9.90 Å². The fourth-order valence-corrected chi connectivity index (χ4v) is 5.50. The monoisotopic (exact) mass is 303 g/mol. The predicted molar refractivity (Wildman–Crippen MR) is 85.8 cm³/mol. The van der Waals surface area contributed by atoms with Crippen LogP contribution < -0.4 is 4.90 Å². The second-order valence-corrected chi connectivity index (χ2v) is 7.84. The number of rotatable bonds is 1. The standard InChI is InChI=1S/C17H21NO2S/c19-15(17(20)9-10-21-12-17)18-11-16(7-3-4-8-16)13-5-1-2-6-14(13)18/h1-2,5-6,20H,3-4,7-12H2. The average Bonchev–Trinajstić information content (AvgIpc) is 3.21. The number of hydrogen-bond acceptors (Lipinski definition) is 3. The Hall–Kier alpha value is -1.00. The topological polar surface area (TPSA) is 40.5 Å². The molecule has 0 radical (unpaired) electrons. The maximum absolute atomic E-state index is 12.9. The fraction of sp³-hybridized carbons (Fsp3) is 0.588. The average molecular weight is 303 g/mol. The van der Waals surface area contributed by atoms with Crippen molar-refractivity contribution in [2.24, 2.45) is 0 Å². The summed E-state index contributed by atoms with van der Waals surface area (Å²) in [7, 11) is 0. The van der Waals surface area contributed by atoms with Gasteiger partial charge in [-0.25, -0.2) is 0 Å². The summed E-state index contributed by atoms with van der Waals surface area (Å²) in [6, 6.07) is 8.31. The van der Waals surface area contributed by atoms with Gasteiger partial charge in [-0.05, 0) is 36.6 Å². The van der Waals surface area contributed by atoms with Gasteiger partial charge in [-0.2, -0.15) is 11.8 Å². The van der Waals surface area contributed by atoms with Crippen LogP contribution in [-0.4, -0.2) is 34.7 Å². The number of nitrogens with zero attached hydrogens (tertiary/aromatic N) is 1. The number of carbonyl (C=O) groups is 1. The Kier molecular flexibility index (Phi) is 3.09. The first-order chi connectivity index (χ1) is 10.1. The highest BCUT2D eigenvalue weighted by molar-refractivity contribution is 7.99. The molecule has 21 heavy (non-hydrogen) atoms. The SMILES string of the molecule is O=C(N1CC2(CCCC2)c2ccccc21)C1(O)CCSC1. The normalized spacial score (nSPS) is 30.0. The van der Waals surface area contributed by atoms with Gasteiger partial charge in [0.1, 0.15) is 0 Å². The summed E-state index contributed by atoms with van der Waals surface area (Å²) in [5.41, 5.74) is 1.36. The van der Waals surface area contributed by atoms with E-state index in [4.69, 9.17) is 0 Å². The van der Waals surface area contributed by atoms with Gasteiger partial charge in [0.25, 0.3) is 5.91 Å². The fourth-order valence-electron chi connectivity index (χ4n) is 4.26. The quantitative estimate of drug-likeness (QED) is 0.867. The summed E-state index contributed by atoms with van der Waals surface area (Å²) in [6.45, 7) is 0.762. The van der Waals surface area contributed by atoms with Crippen LogP contribution in [0.15, 0.2) is 24.3 Å². The number of carbonyl (C=O) groups excluding carboxylic acids is 1. The van der Waals surface area contributed by atoms with Crippen LogP contribution >= 0.6 is 11.8 Å². The number of para-hydroxylation sites is 1.